The van der Waals surface area contributed by atoms with Gasteiger partial charge in [-0.3, -0.25) is 4.79 Å². The van der Waals surface area contributed by atoms with Gasteiger partial charge in [0.1, 0.15) is 0 Å². The summed E-state index contributed by atoms with van der Waals surface area (Å²) in [7, 11) is 0. The molecular weight excluding hydrogens is 418 g/mol. The molecule has 1 aromatic heterocycles. The summed E-state index contributed by atoms with van der Waals surface area (Å²) < 4.78 is 17.3. The highest BCUT2D eigenvalue weighted by molar-refractivity contribution is 6.30. The molecule has 0 radical (unpaired) electrons. The second-order valence-corrected chi connectivity index (χ2v) is 7.78. The van der Waals surface area contributed by atoms with Crippen LogP contribution in [0.5, 0.6) is 11.5 Å². The lowest BCUT2D eigenvalue weighted by Gasteiger charge is -2.21. The van der Waals surface area contributed by atoms with Crippen molar-refractivity contribution in [2.75, 3.05) is 13.2 Å². The minimum atomic E-state index is -0.126. The van der Waals surface area contributed by atoms with Crippen molar-refractivity contribution < 1.29 is 18.7 Å². The van der Waals surface area contributed by atoms with E-state index < -0.39 is 0 Å². The van der Waals surface area contributed by atoms with Crippen LogP contribution in [0.4, 0.5) is 0 Å². The molecule has 0 aliphatic heterocycles. The molecule has 31 heavy (non-hydrogen) atoms. The molecule has 2 aromatic carbocycles. The molecule has 1 heterocycles. The smallest absolute Gasteiger partial charge is 0.261 e. The number of ether oxygens (including phenoxy) is 2. The second-order valence-electron chi connectivity index (χ2n) is 7.34. The van der Waals surface area contributed by atoms with Crippen molar-refractivity contribution in [3.8, 4) is 23.0 Å². The number of para-hydroxylation sites is 2. The van der Waals surface area contributed by atoms with E-state index in [1.54, 1.807) is 23.1 Å². The molecule has 1 aliphatic rings. The first-order chi connectivity index (χ1) is 15.1. The largest absolute Gasteiger partial charge is 0.490 e. The molecule has 8 heteroatoms. The third-order valence-electron chi connectivity index (χ3n) is 4.83. The molecule has 0 bridgehead atoms. The van der Waals surface area contributed by atoms with Gasteiger partial charge in [0.2, 0.25) is 11.8 Å². The highest BCUT2D eigenvalue weighted by Crippen LogP contribution is 2.30. The van der Waals surface area contributed by atoms with Crippen LogP contribution in [0.2, 0.25) is 5.02 Å². The van der Waals surface area contributed by atoms with Crippen LogP contribution in [0.15, 0.2) is 52.9 Å². The number of carbonyl (C=O) groups is 1. The molecule has 1 aliphatic carbocycles. The van der Waals surface area contributed by atoms with Crippen LogP contribution < -0.4 is 9.47 Å². The molecule has 0 unspecified atom stereocenters. The Morgan fingerprint density at radius 1 is 1.10 bits per heavy atom. The lowest BCUT2D eigenvalue weighted by Crippen LogP contribution is -2.36. The summed E-state index contributed by atoms with van der Waals surface area (Å²) in [5.74, 6) is 1.85. The molecule has 162 valence electrons. The van der Waals surface area contributed by atoms with Crippen LogP contribution in [-0.2, 0) is 11.3 Å². The van der Waals surface area contributed by atoms with Crippen LogP contribution in [0.1, 0.15) is 32.1 Å². The maximum atomic E-state index is 12.9. The van der Waals surface area contributed by atoms with E-state index in [9.17, 15) is 4.79 Å². The van der Waals surface area contributed by atoms with Gasteiger partial charge >= 0.3 is 0 Å². The van der Waals surface area contributed by atoms with Crippen molar-refractivity contribution in [3.63, 3.8) is 0 Å². The fourth-order valence-electron chi connectivity index (χ4n) is 3.10. The fraction of sp³-hybridized carbons (Fsp3) is 0.348. The number of halogens is 1. The Bertz CT molecular complexity index is 1020. The maximum Gasteiger partial charge on any atom is 0.261 e. The number of hydrogen-bond acceptors (Lipinski definition) is 6. The van der Waals surface area contributed by atoms with Crippen LogP contribution in [0, 0.1) is 0 Å². The van der Waals surface area contributed by atoms with Gasteiger partial charge in [0, 0.05) is 16.6 Å². The summed E-state index contributed by atoms with van der Waals surface area (Å²) in [4.78, 5) is 14.6. The minimum Gasteiger partial charge on any atom is -0.490 e. The number of aromatic nitrogens is 2. The molecule has 0 saturated heterocycles. The van der Waals surface area contributed by atoms with E-state index in [-0.39, 0.29) is 25.1 Å². The van der Waals surface area contributed by atoms with E-state index in [0.717, 1.165) is 24.8 Å². The minimum absolute atomic E-state index is 0.0822. The predicted octanol–water partition coefficient (Wildman–Crippen LogP) is 4.75. The summed E-state index contributed by atoms with van der Waals surface area (Å²) in [6, 6.07) is 14.7. The summed E-state index contributed by atoms with van der Waals surface area (Å²) in [5.41, 5.74) is 0.777. The van der Waals surface area contributed by atoms with Gasteiger partial charge < -0.3 is 18.8 Å². The van der Waals surface area contributed by atoms with Crippen molar-refractivity contribution in [2.24, 2.45) is 0 Å². The Balaban J connectivity index is 1.39. The zero-order valence-electron chi connectivity index (χ0n) is 17.3. The number of benzene rings is 2. The summed E-state index contributed by atoms with van der Waals surface area (Å²) >= 11 is 5.93. The Hall–Kier alpha value is -3.06. The molecule has 4 rings (SSSR count). The third-order valence-corrected chi connectivity index (χ3v) is 5.09. The van der Waals surface area contributed by atoms with Gasteiger partial charge in [-0.15, -0.1) is 10.2 Å². The first-order valence-electron chi connectivity index (χ1n) is 10.4. The first kappa shape index (κ1) is 21.2. The topological polar surface area (TPSA) is 77.7 Å². The highest BCUT2D eigenvalue weighted by atomic mass is 35.5. The van der Waals surface area contributed by atoms with E-state index in [4.69, 9.17) is 25.5 Å². The number of rotatable bonds is 10. The quantitative estimate of drug-likeness (QED) is 0.452. The van der Waals surface area contributed by atoms with E-state index in [0.29, 0.717) is 34.9 Å². The molecule has 1 amide bonds. The van der Waals surface area contributed by atoms with Gasteiger partial charge in [-0.05, 0) is 55.7 Å². The zero-order valence-corrected chi connectivity index (χ0v) is 18.0. The van der Waals surface area contributed by atoms with E-state index >= 15 is 0 Å². The highest BCUT2D eigenvalue weighted by Gasteiger charge is 2.34. The molecular formula is C23H24ClN3O4. The number of amides is 1. The van der Waals surface area contributed by atoms with Crippen molar-refractivity contribution in [2.45, 2.75) is 38.8 Å². The lowest BCUT2D eigenvalue weighted by atomic mass is 10.2. The number of nitrogens with zero attached hydrogens (tertiary/aromatic N) is 3. The molecule has 0 atom stereocenters. The Morgan fingerprint density at radius 2 is 1.81 bits per heavy atom. The standard InChI is InChI=1S/C23H24ClN3O4/c1-2-13-29-19-5-3-4-6-20(19)30-15-22(28)27(18-11-12-18)14-21-25-26-23(31-21)16-7-9-17(24)10-8-16/h3-10,18H,2,11-15H2,1H3. The normalized spacial score (nSPS) is 13.1. The monoisotopic (exact) mass is 441 g/mol. The molecule has 1 fully saturated rings. The van der Waals surface area contributed by atoms with Crippen LogP contribution in [0.3, 0.4) is 0 Å². The van der Waals surface area contributed by atoms with Gasteiger partial charge in [-0.2, -0.15) is 0 Å². The van der Waals surface area contributed by atoms with Crippen LogP contribution in [-0.4, -0.2) is 40.3 Å². The van der Waals surface area contributed by atoms with Gasteiger partial charge in [0.25, 0.3) is 5.91 Å². The summed E-state index contributed by atoms with van der Waals surface area (Å²) in [6.07, 6.45) is 2.81. The summed E-state index contributed by atoms with van der Waals surface area (Å²) in [6.45, 7) is 2.80. The number of hydrogen-bond donors (Lipinski definition) is 0. The second kappa shape index (κ2) is 9.83. The SMILES string of the molecule is CCCOc1ccccc1OCC(=O)N(Cc1nnc(-c2ccc(Cl)cc2)o1)C1CC1. The molecule has 1 saturated carbocycles. The van der Waals surface area contributed by atoms with Gasteiger partial charge in [-0.1, -0.05) is 30.7 Å². The Kier molecular flexibility index (Phi) is 6.72. The van der Waals surface area contributed by atoms with E-state index in [1.807, 2.05) is 37.3 Å². The summed E-state index contributed by atoms with van der Waals surface area (Å²) in [5, 5.41) is 8.84. The lowest BCUT2D eigenvalue weighted by molar-refractivity contribution is -0.135. The Morgan fingerprint density at radius 3 is 2.48 bits per heavy atom. The van der Waals surface area contributed by atoms with E-state index in [2.05, 4.69) is 10.2 Å². The van der Waals surface area contributed by atoms with Gasteiger partial charge in [-0.25, -0.2) is 0 Å². The zero-order chi connectivity index (χ0) is 21.6. The maximum absolute atomic E-state index is 12.9. The van der Waals surface area contributed by atoms with Crippen molar-refractivity contribution in [1.82, 2.24) is 15.1 Å². The molecule has 0 spiro atoms. The van der Waals surface area contributed by atoms with Crippen molar-refractivity contribution >= 4 is 17.5 Å². The van der Waals surface area contributed by atoms with E-state index in [1.165, 1.54) is 0 Å². The first-order valence-corrected chi connectivity index (χ1v) is 10.7. The van der Waals surface area contributed by atoms with Crippen LogP contribution >= 0.6 is 11.6 Å². The molecule has 3 aromatic rings. The average Bonchev–Trinajstić information content (AvgIpc) is 3.53. The Labute approximate surface area is 185 Å². The molecule has 0 N–H and O–H groups in total. The number of carbonyl (C=O) groups excluding carboxylic acids is 1. The third kappa shape index (κ3) is 5.55. The van der Waals surface area contributed by atoms with Crippen LogP contribution in [0.25, 0.3) is 11.5 Å². The molecule has 7 nitrogen and oxygen atoms in total. The van der Waals surface area contributed by atoms with Gasteiger partial charge in [0.05, 0.1) is 13.2 Å². The fourth-order valence-corrected chi connectivity index (χ4v) is 3.23. The predicted molar refractivity (Wildman–Crippen MR) is 116 cm³/mol. The van der Waals surface area contributed by atoms with Crippen molar-refractivity contribution in [1.29, 1.82) is 0 Å². The van der Waals surface area contributed by atoms with Gasteiger partial charge in [0.15, 0.2) is 18.1 Å². The van der Waals surface area contributed by atoms with Crippen molar-refractivity contribution in [3.05, 3.63) is 59.4 Å². The average molecular weight is 442 g/mol.